The van der Waals surface area contributed by atoms with Crippen LogP contribution in [0.2, 0.25) is 0 Å². The van der Waals surface area contributed by atoms with Crippen LogP contribution in [0.4, 0.5) is 5.69 Å². The van der Waals surface area contributed by atoms with Crippen molar-refractivity contribution in [3.05, 3.63) is 60.5 Å². The zero-order valence-corrected chi connectivity index (χ0v) is 18.5. The molecule has 1 aromatic heterocycles. The van der Waals surface area contributed by atoms with Crippen LogP contribution in [0.1, 0.15) is 12.8 Å². The summed E-state index contributed by atoms with van der Waals surface area (Å²) in [7, 11) is -0.562. The summed E-state index contributed by atoms with van der Waals surface area (Å²) in [6.07, 6.45) is 1.07. The van der Waals surface area contributed by atoms with Gasteiger partial charge in [0.2, 0.25) is 27.6 Å². The monoisotopic (exact) mass is 444 g/mol. The number of rotatable bonds is 8. The van der Waals surface area contributed by atoms with Gasteiger partial charge >= 0.3 is 0 Å². The highest BCUT2D eigenvalue weighted by Crippen LogP contribution is 2.23. The molecule has 1 unspecified atom stereocenters. The number of hydrogen-bond acceptors (Lipinski definition) is 7. The summed E-state index contributed by atoms with van der Waals surface area (Å²) in [5.41, 5.74) is 1.13. The molecular formula is C21H24N4O5S. The molecule has 164 valence electrons. The molecule has 0 aliphatic carbocycles. The zero-order chi connectivity index (χ0) is 22.6. The maximum Gasteiger partial charge on any atom is 0.246 e. The molecule has 0 spiro atoms. The lowest BCUT2D eigenvalue weighted by atomic mass is 10.2. The van der Waals surface area contributed by atoms with Crippen molar-refractivity contribution in [3.63, 3.8) is 0 Å². The Hall–Kier alpha value is -3.40. The molecular weight excluding hydrogens is 420 g/mol. The van der Waals surface area contributed by atoms with Crippen molar-refractivity contribution in [2.75, 3.05) is 24.7 Å². The Morgan fingerprint density at radius 2 is 1.87 bits per heavy atom. The lowest BCUT2D eigenvalue weighted by Crippen LogP contribution is -2.48. The molecule has 0 saturated carbocycles. The summed E-state index contributed by atoms with van der Waals surface area (Å²) in [6, 6.07) is 14.7. The fourth-order valence-electron chi connectivity index (χ4n) is 3.18. The number of carbonyl (C=O) groups excluding carboxylic acids is 1. The first kappa shape index (κ1) is 22.3. The standard InChI is InChI=1S/C21H24N4O5S/c1-15(25(31(4,27)28)17-10-6-5-7-11-17)21(26)24(2)14-19-22-20(23-30-19)16-9-8-12-18(13-16)29-3/h5-13,15H,14H2,1-4H3. The number of anilines is 1. The van der Waals surface area contributed by atoms with Gasteiger partial charge in [0.25, 0.3) is 0 Å². The minimum Gasteiger partial charge on any atom is -0.497 e. The van der Waals surface area contributed by atoms with Gasteiger partial charge < -0.3 is 14.2 Å². The third kappa shape index (κ3) is 5.21. The smallest absolute Gasteiger partial charge is 0.246 e. The molecule has 0 bridgehead atoms. The number of likely N-dealkylation sites (N-methyl/N-ethyl adjacent to an activating group) is 1. The maximum atomic E-state index is 13.0. The summed E-state index contributed by atoms with van der Waals surface area (Å²) >= 11 is 0. The molecule has 31 heavy (non-hydrogen) atoms. The van der Waals surface area contributed by atoms with Gasteiger partial charge in [0.15, 0.2) is 0 Å². The number of amides is 1. The summed E-state index contributed by atoms with van der Waals surface area (Å²) in [5, 5.41) is 3.96. The fraction of sp³-hybridized carbons (Fsp3) is 0.286. The van der Waals surface area contributed by atoms with Crippen molar-refractivity contribution in [2.24, 2.45) is 0 Å². The van der Waals surface area contributed by atoms with Crippen molar-refractivity contribution in [1.82, 2.24) is 15.0 Å². The van der Waals surface area contributed by atoms with Crippen molar-refractivity contribution in [2.45, 2.75) is 19.5 Å². The lowest BCUT2D eigenvalue weighted by molar-refractivity contribution is -0.131. The summed E-state index contributed by atoms with van der Waals surface area (Å²) in [6.45, 7) is 1.58. The van der Waals surface area contributed by atoms with E-state index < -0.39 is 22.0 Å². The molecule has 0 saturated heterocycles. The highest BCUT2D eigenvalue weighted by molar-refractivity contribution is 7.92. The Morgan fingerprint density at radius 1 is 1.16 bits per heavy atom. The van der Waals surface area contributed by atoms with E-state index in [9.17, 15) is 13.2 Å². The fourth-order valence-corrected chi connectivity index (χ4v) is 4.35. The van der Waals surface area contributed by atoms with Crippen molar-refractivity contribution < 1.29 is 22.5 Å². The average molecular weight is 445 g/mol. The third-order valence-corrected chi connectivity index (χ3v) is 5.86. The van der Waals surface area contributed by atoms with Gasteiger partial charge in [-0.25, -0.2) is 8.42 Å². The number of aromatic nitrogens is 2. The highest BCUT2D eigenvalue weighted by Gasteiger charge is 2.31. The number of nitrogens with zero attached hydrogens (tertiary/aromatic N) is 4. The first-order valence-corrected chi connectivity index (χ1v) is 11.3. The van der Waals surface area contributed by atoms with Crippen LogP contribution in [-0.2, 0) is 21.4 Å². The van der Waals surface area contributed by atoms with Crippen LogP contribution in [-0.4, -0.2) is 55.8 Å². The Kier molecular flexibility index (Phi) is 6.59. The second-order valence-electron chi connectivity index (χ2n) is 7.01. The van der Waals surface area contributed by atoms with E-state index in [0.29, 0.717) is 22.8 Å². The SMILES string of the molecule is COc1cccc(-c2noc(CN(C)C(=O)C(C)N(c3ccccc3)S(C)(=O)=O)n2)c1. The van der Waals surface area contributed by atoms with Crippen LogP contribution < -0.4 is 9.04 Å². The van der Waals surface area contributed by atoms with E-state index in [0.717, 1.165) is 10.6 Å². The van der Waals surface area contributed by atoms with E-state index in [1.807, 2.05) is 12.1 Å². The van der Waals surface area contributed by atoms with Gasteiger partial charge in [-0.3, -0.25) is 9.10 Å². The lowest BCUT2D eigenvalue weighted by Gasteiger charge is -2.30. The second-order valence-corrected chi connectivity index (χ2v) is 8.87. The normalized spacial score (nSPS) is 12.3. The Bertz CT molecular complexity index is 1150. The molecule has 1 amide bonds. The predicted molar refractivity (Wildman–Crippen MR) is 116 cm³/mol. The molecule has 9 nitrogen and oxygen atoms in total. The molecule has 10 heteroatoms. The Morgan fingerprint density at radius 3 is 2.52 bits per heavy atom. The number of ether oxygens (including phenoxy) is 1. The van der Waals surface area contributed by atoms with Crippen molar-refractivity contribution in [3.8, 4) is 17.1 Å². The number of para-hydroxylation sites is 1. The minimum absolute atomic E-state index is 0.0343. The van der Waals surface area contributed by atoms with Crippen LogP contribution in [0.25, 0.3) is 11.4 Å². The first-order valence-electron chi connectivity index (χ1n) is 9.47. The molecule has 2 aromatic carbocycles. The van der Waals surface area contributed by atoms with Gasteiger partial charge in [-0.1, -0.05) is 35.5 Å². The van der Waals surface area contributed by atoms with E-state index in [-0.39, 0.29) is 12.4 Å². The molecule has 0 radical (unpaired) electrons. The summed E-state index contributed by atoms with van der Waals surface area (Å²) < 4.78 is 36.3. The molecule has 3 rings (SSSR count). The van der Waals surface area contributed by atoms with Gasteiger partial charge in [0.05, 0.1) is 25.6 Å². The van der Waals surface area contributed by atoms with Crippen molar-refractivity contribution in [1.29, 1.82) is 0 Å². The van der Waals surface area contributed by atoms with Gasteiger partial charge in [-0.2, -0.15) is 4.98 Å². The first-order chi connectivity index (χ1) is 14.7. The van der Waals surface area contributed by atoms with Gasteiger partial charge in [-0.15, -0.1) is 0 Å². The second kappa shape index (κ2) is 9.17. The number of hydrogen-bond donors (Lipinski definition) is 0. The minimum atomic E-state index is -3.68. The molecule has 0 aliphatic rings. The van der Waals surface area contributed by atoms with E-state index in [4.69, 9.17) is 9.26 Å². The van der Waals surface area contributed by atoms with Crippen molar-refractivity contribution >= 4 is 21.6 Å². The molecule has 0 fully saturated rings. The van der Waals surface area contributed by atoms with Crippen LogP contribution in [0, 0.1) is 0 Å². The number of benzene rings is 2. The van der Waals surface area contributed by atoms with Gasteiger partial charge in [-0.05, 0) is 31.2 Å². The largest absolute Gasteiger partial charge is 0.497 e. The number of sulfonamides is 1. The predicted octanol–water partition coefficient (Wildman–Crippen LogP) is 2.56. The molecule has 0 N–H and O–H groups in total. The molecule has 1 heterocycles. The summed E-state index contributed by atoms with van der Waals surface area (Å²) in [4.78, 5) is 18.7. The van der Waals surface area contributed by atoms with Crippen LogP contribution in [0.5, 0.6) is 5.75 Å². The zero-order valence-electron chi connectivity index (χ0n) is 17.7. The topological polar surface area (TPSA) is 106 Å². The highest BCUT2D eigenvalue weighted by atomic mass is 32.2. The Labute approximate surface area is 181 Å². The number of carbonyl (C=O) groups is 1. The molecule has 0 aliphatic heterocycles. The van der Waals surface area contributed by atoms with E-state index in [1.54, 1.807) is 63.5 Å². The van der Waals surface area contributed by atoms with Gasteiger partial charge in [0.1, 0.15) is 11.8 Å². The third-order valence-electron chi connectivity index (χ3n) is 4.62. The Balaban J connectivity index is 1.76. The van der Waals surface area contributed by atoms with E-state index >= 15 is 0 Å². The molecule has 1 atom stereocenters. The average Bonchev–Trinajstić information content (AvgIpc) is 3.21. The molecule has 3 aromatic rings. The van der Waals surface area contributed by atoms with Crippen LogP contribution in [0.3, 0.4) is 0 Å². The van der Waals surface area contributed by atoms with E-state index in [2.05, 4.69) is 10.1 Å². The summed E-state index contributed by atoms with van der Waals surface area (Å²) in [5.74, 6) is 0.846. The number of methoxy groups -OCH3 is 1. The van der Waals surface area contributed by atoms with Crippen LogP contribution >= 0.6 is 0 Å². The quantitative estimate of drug-likeness (QED) is 0.526. The maximum absolute atomic E-state index is 13.0. The van der Waals surface area contributed by atoms with Gasteiger partial charge in [0, 0.05) is 12.6 Å². The van der Waals surface area contributed by atoms with E-state index in [1.165, 1.54) is 4.90 Å². The van der Waals surface area contributed by atoms with Crippen LogP contribution in [0.15, 0.2) is 59.1 Å².